The highest BCUT2D eigenvalue weighted by Gasteiger charge is 2.19. The fourth-order valence-corrected chi connectivity index (χ4v) is 4.93. The number of benzene rings is 1. The number of hydrogen-bond donors (Lipinski definition) is 1. The minimum absolute atomic E-state index is 0.0502. The maximum Gasteiger partial charge on any atom is 0.267 e. The molecule has 0 atom stereocenters. The van der Waals surface area contributed by atoms with Gasteiger partial charge in [0.1, 0.15) is 4.83 Å². The molecule has 0 saturated carbocycles. The minimum atomic E-state index is -0.285. The molecule has 4 rings (SSSR count). The summed E-state index contributed by atoms with van der Waals surface area (Å²) in [6, 6.07) is 8.58. The summed E-state index contributed by atoms with van der Waals surface area (Å²) in [6.07, 6.45) is 0. The number of thiophene rings is 1. The monoisotopic (exact) mass is 460 g/mol. The van der Waals surface area contributed by atoms with Gasteiger partial charge >= 0.3 is 0 Å². The molecule has 0 aliphatic carbocycles. The van der Waals surface area contributed by atoms with Gasteiger partial charge in [-0.25, -0.2) is 4.98 Å². The molecule has 0 unspecified atom stereocenters. The molecule has 4 aromatic rings. The summed E-state index contributed by atoms with van der Waals surface area (Å²) >= 11 is 8.66. The number of anilines is 1. The number of nitrogens with one attached hydrogen (secondary N) is 1. The van der Waals surface area contributed by atoms with Gasteiger partial charge in [0.15, 0.2) is 5.16 Å². The molecule has 0 bridgehead atoms. The van der Waals surface area contributed by atoms with Crippen LogP contribution < -0.4 is 10.9 Å². The molecule has 0 spiro atoms. The predicted molar refractivity (Wildman–Crippen MR) is 120 cm³/mol. The number of carbonyl (C=O) groups is 1. The first kappa shape index (κ1) is 20.6. The zero-order chi connectivity index (χ0) is 21.4. The Kier molecular flexibility index (Phi) is 5.68. The molecule has 0 aliphatic rings. The van der Waals surface area contributed by atoms with Crippen LogP contribution in [0.3, 0.4) is 0 Å². The highest BCUT2D eigenvalue weighted by atomic mass is 35.5. The number of fused-ring (bicyclic) bond motifs is 1. The Morgan fingerprint density at radius 2 is 2.00 bits per heavy atom. The molecule has 1 aromatic carbocycles. The van der Waals surface area contributed by atoms with E-state index in [0.29, 0.717) is 31.8 Å². The zero-order valence-corrected chi connectivity index (χ0v) is 18.7. The van der Waals surface area contributed by atoms with Crippen LogP contribution >= 0.6 is 34.7 Å². The van der Waals surface area contributed by atoms with Gasteiger partial charge in [0.25, 0.3) is 5.56 Å². The van der Waals surface area contributed by atoms with Crippen molar-refractivity contribution >= 4 is 56.7 Å². The standard InChI is InChI=1S/C20H17ClN4O3S2/c1-10-8-16(28-24-10)22-15(26)9-29-20-23-18-17(11(2)12(3)30-18)19(27)25(20)14-6-4-13(21)5-7-14/h4-8H,9H2,1-3H3,(H,22,26). The molecule has 0 aliphatic heterocycles. The highest BCUT2D eigenvalue weighted by Crippen LogP contribution is 2.30. The second-order valence-electron chi connectivity index (χ2n) is 6.64. The van der Waals surface area contributed by atoms with E-state index in [0.717, 1.165) is 10.4 Å². The lowest BCUT2D eigenvalue weighted by atomic mass is 10.2. The maximum atomic E-state index is 13.4. The number of amides is 1. The van der Waals surface area contributed by atoms with E-state index in [-0.39, 0.29) is 23.1 Å². The summed E-state index contributed by atoms with van der Waals surface area (Å²) in [6.45, 7) is 5.65. The number of aromatic nitrogens is 3. The molecule has 3 aromatic heterocycles. The molecule has 0 radical (unpaired) electrons. The number of rotatable bonds is 5. The Balaban J connectivity index is 1.72. The van der Waals surface area contributed by atoms with Gasteiger partial charge in [-0.1, -0.05) is 28.5 Å². The van der Waals surface area contributed by atoms with Crippen LogP contribution in [0.5, 0.6) is 0 Å². The normalized spacial score (nSPS) is 11.2. The number of nitrogens with zero attached hydrogens (tertiary/aromatic N) is 3. The zero-order valence-electron chi connectivity index (χ0n) is 16.4. The number of aryl methyl sites for hydroxylation is 3. The summed E-state index contributed by atoms with van der Waals surface area (Å²) < 4.78 is 6.53. The molecule has 0 saturated heterocycles. The molecule has 7 nitrogen and oxygen atoms in total. The first-order valence-corrected chi connectivity index (χ1v) is 11.2. The summed E-state index contributed by atoms with van der Waals surface area (Å²) in [5, 5.41) is 7.98. The Morgan fingerprint density at radius 1 is 1.27 bits per heavy atom. The van der Waals surface area contributed by atoms with Gasteiger partial charge in [-0.2, -0.15) is 0 Å². The molecule has 154 valence electrons. The largest absolute Gasteiger partial charge is 0.338 e. The van der Waals surface area contributed by atoms with Crippen LogP contribution in [0.1, 0.15) is 16.1 Å². The molecule has 3 heterocycles. The lowest BCUT2D eigenvalue weighted by molar-refractivity contribution is -0.113. The van der Waals surface area contributed by atoms with Crippen molar-refractivity contribution in [2.45, 2.75) is 25.9 Å². The first-order chi connectivity index (χ1) is 14.3. The van der Waals surface area contributed by atoms with Gasteiger partial charge in [-0.05, 0) is 50.6 Å². The van der Waals surface area contributed by atoms with Gasteiger partial charge in [0, 0.05) is 16.0 Å². The lowest BCUT2D eigenvalue weighted by Gasteiger charge is -2.12. The number of thioether (sulfide) groups is 1. The average molecular weight is 461 g/mol. The van der Waals surface area contributed by atoms with Crippen LogP contribution in [-0.4, -0.2) is 26.4 Å². The smallest absolute Gasteiger partial charge is 0.267 e. The van der Waals surface area contributed by atoms with Crippen LogP contribution in [0.25, 0.3) is 15.9 Å². The van der Waals surface area contributed by atoms with E-state index in [2.05, 4.69) is 10.5 Å². The van der Waals surface area contributed by atoms with Gasteiger partial charge < -0.3 is 4.52 Å². The Bertz CT molecular complexity index is 1310. The lowest BCUT2D eigenvalue weighted by Crippen LogP contribution is -2.22. The van der Waals surface area contributed by atoms with E-state index in [1.807, 2.05) is 13.8 Å². The average Bonchev–Trinajstić information content (AvgIpc) is 3.23. The van der Waals surface area contributed by atoms with Crippen molar-refractivity contribution < 1.29 is 9.32 Å². The SMILES string of the molecule is Cc1cc(NC(=O)CSc2nc3sc(C)c(C)c3c(=O)n2-c2ccc(Cl)cc2)on1. The molecule has 1 N–H and O–H groups in total. The van der Waals surface area contributed by atoms with Crippen molar-refractivity contribution in [1.82, 2.24) is 14.7 Å². The summed E-state index contributed by atoms with van der Waals surface area (Å²) in [5.74, 6) is 0.0436. The molecule has 10 heteroatoms. The predicted octanol–water partition coefficient (Wildman–Crippen LogP) is 4.74. The van der Waals surface area contributed by atoms with Crippen LogP contribution in [0, 0.1) is 20.8 Å². The summed E-state index contributed by atoms with van der Waals surface area (Å²) in [5.41, 5.74) is 2.06. The van der Waals surface area contributed by atoms with Crippen molar-refractivity contribution in [3.8, 4) is 5.69 Å². The van der Waals surface area contributed by atoms with E-state index in [9.17, 15) is 9.59 Å². The fourth-order valence-electron chi connectivity index (χ4n) is 2.92. The Hall–Kier alpha value is -2.62. The molecule has 1 amide bonds. The van der Waals surface area contributed by atoms with E-state index in [4.69, 9.17) is 21.1 Å². The van der Waals surface area contributed by atoms with Crippen molar-refractivity contribution in [3.63, 3.8) is 0 Å². The first-order valence-electron chi connectivity index (χ1n) is 8.98. The highest BCUT2D eigenvalue weighted by molar-refractivity contribution is 7.99. The second-order valence-corrected chi connectivity index (χ2v) is 9.23. The third-order valence-corrected chi connectivity index (χ3v) is 6.77. The fraction of sp³-hybridized carbons (Fsp3) is 0.200. The van der Waals surface area contributed by atoms with Crippen LogP contribution in [0.2, 0.25) is 5.02 Å². The van der Waals surface area contributed by atoms with Crippen molar-refractivity contribution in [3.05, 3.63) is 61.8 Å². The van der Waals surface area contributed by atoms with Gasteiger partial charge in [0.2, 0.25) is 11.8 Å². The van der Waals surface area contributed by atoms with Gasteiger partial charge in [-0.3, -0.25) is 19.5 Å². The van der Waals surface area contributed by atoms with Crippen molar-refractivity contribution in [2.75, 3.05) is 11.1 Å². The van der Waals surface area contributed by atoms with Crippen molar-refractivity contribution in [1.29, 1.82) is 0 Å². The Labute approximate surface area is 185 Å². The number of hydrogen-bond acceptors (Lipinski definition) is 7. The third kappa shape index (κ3) is 4.00. The minimum Gasteiger partial charge on any atom is -0.338 e. The molecule has 30 heavy (non-hydrogen) atoms. The summed E-state index contributed by atoms with van der Waals surface area (Å²) in [7, 11) is 0. The van der Waals surface area contributed by atoms with E-state index in [1.165, 1.54) is 27.7 Å². The Morgan fingerprint density at radius 3 is 2.67 bits per heavy atom. The molecule has 0 fully saturated rings. The third-order valence-electron chi connectivity index (χ3n) is 4.48. The van der Waals surface area contributed by atoms with Crippen LogP contribution in [-0.2, 0) is 4.79 Å². The van der Waals surface area contributed by atoms with Gasteiger partial charge in [0.05, 0.1) is 22.5 Å². The van der Waals surface area contributed by atoms with E-state index in [1.54, 1.807) is 37.3 Å². The van der Waals surface area contributed by atoms with E-state index >= 15 is 0 Å². The number of halogens is 1. The van der Waals surface area contributed by atoms with E-state index < -0.39 is 0 Å². The molecular formula is C20H17ClN4O3S2. The quantitative estimate of drug-likeness (QED) is 0.341. The topological polar surface area (TPSA) is 90.0 Å². The number of carbonyl (C=O) groups excluding carboxylic acids is 1. The molecular weight excluding hydrogens is 444 g/mol. The summed E-state index contributed by atoms with van der Waals surface area (Å²) in [4.78, 5) is 32.1. The van der Waals surface area contributed by atoms with Crippen LogP contribution in [0.15, 0.2) is 44.8 Å². The van der Waals surface area contributed by atoms with Gasteiger partial charge in [-0.15, -0.1) is 11.3 Å². The second kappa shape index (κ2) is 8.25. The maximum absolute atomic E-state index is 13.4. The van der Waals surface area contributed by atoms with Crippen LogP contribution in [0.4, 0.5) is 5.88 Å². The van der Waals surface area contributed by atoms with Crippen molar-refractivity contribution in [2.24, 2.45) is 0 Å².